The number of pyridine rings is 1. The molecule has 0 spiro atoms. The second-order valence-corrected chi connectivity index (χ2v) is 10.1. The molecule has 39 heavy (non-hydrogen) atoms. The molecule has 2 heterocycles. The third kappa shape index (κ3) is 4.93. The van der Waals surface area contributed by atoms with Gasteiger partial charge in [-0.3, -0.25) is 4.90 Å². The number of ether oxygens (including phenoxy) is 2. The molecular weight excluding hydrogens is 499 g/mol. The summed E-state index contributed by atoms with van der Waals surface area (Å²) in [6.45, 7) is 0.654. The normalized spacial score (nSPS) is 24.9. The van der Waals surface area contributed by atoms with Crippen LogP contribution in [0.2, 0.25) is 0 Å². The van der Waals surface area contributed by atoms with Crippen molar-refractivity contribution >= 4 is 0 Å². The number of aliphatic hydroxyl groups excluding tert-OH is 2. The van der Waals surface area contributed by atoms with E-state index < -0.39 is 30.4 Å². The van der Waals surface area contributed by atoms with E-state index in [9.17, 15) is 25.1 Å². The molecule has 1 aromatic heterocycles. The average Bonchev–Trinajstić information content (AvgIpc) is 3.23. The Morgan fingerprint density at radius 3 is 2.41 bits per heavy atom. The second-order valence-electron chi connectivity index (χ2n) is 10.1. The van der Waals surface area contributed by atoms with E-state index in [-0.39, 0.29) is 35.2 Å². The summed E-state index contributed by atoms with van der Waals surface area (Å²) in [6, 6.07) is 22.3. The first-order chi connectivity index (χ1) is 18.9. The lowest BCUT2D eigenvalue weighted by Gasteiger charge is -2.42. The van der Waals surface area contributed by atoms with Gasteiger partial charge in [-0.25, -0.2) is 9.37 Å². The first kappa shape index (κ1) is 26.6. The van der Waals surface area contributed by atoms with Crippen molar-refractivity contribution in [2.45, 2.75) is 36.8 Å². The molecule has 2 N–H and O–H groups in total. The maximum Gasteiger partial charge on any atom is 0.223 e. The zero-order valence-corrected chi connectivity index (χ0v) is 21.5. The van der Waals surface area contributed by atoms with Crippen LogP contribution in [0.3, 0.4) is 0 Å². The Morgan fingerprint density at radius 2 is 1.82 bits per heavy atom. The molecule has 1 aliphatic carbocycles. The van der Waals surface area contributed by atoms with Gasteiger partial charge in [0.25, 0.3) is 0 Å². The Labute approximate surface area is 226 Å². The van der Waals surface area contributed by atoms with Crippen LogP contribution < -0.4 is 9.47 Å². The van der Waals surface area contributed by atoms with Crippen molar-refractivity contribution in [3.05, 3.63) is 88.6 Å². The van der Waals surface area contributed by atoms with E-state index >= 15 is 0 Å². The van der Waals surface area contributed by atoms with E-state index in [4.69, 9.17) is 9.47 Å². The van der Waals surface area contributed by atoms with E-state index in [1.54, 1.807) is 12.1 Å². The number of halogens is 1. The summed E-state index contributed by atoms with van der Waals surface area (Å²) in [6.07, 6.45) is -1.49. The third-order valence-electron chi connectivity index (χ3n) is 7.78. The summed E-state index contributed by atoms with van der Waals surface area (Å²) in [5.41, 5.74) is 1.29. The average molecular weight is 529 g/mol. The number of hydrogen-bond donors (Lipinski definition) is 2. The van der Waals surface area contributed by atoms with Crippen LogP contribution in [0.5, 0.6) is 11.6 Å². The molecule has 0 radical (unpaired) electrons. The molecule has 2 aliphatic rings. The van der Waals surface area contributed by atoms with E-state index in [0.29, 0.717) is 25.2 Å². The molecule has 8 nitrogen and oxygen atoms in total. The van der Waals surface area contributed by atoms with Crippen molar-refractivity contribution in [3.63, 3.8) is 0 Å². The molecular formula is C30H29FN4O4. The number of benzene rings is 2. The van der Waals surface area contributed by atoms with E-state index in [1.165, 1.54) is 13.2 Å². The summed E-state index contributed by atoms with van der Waals surface area (Å²) in [7, 11) is 1.40. The monoisotopic (exact) mass is 528 g/mol. The van der Waals surface area contributed by atoms with Gasteiger partial charge in [-0.15, -0.1) is 0 Å². The van der Waals surface area contributed by atoms with Gasteiger partial charge in [-0.05, 0) is 23.3 Å². The molecule has 2 fully saturated rings. The number of nitrogens with zero attached hydrogens (tertiary/aromatic N) is 4. The quantitative estimate of drug-likeness (QED) is 0.456. The molecule has 4 atom stereocenters. The largest absolute Gasteiger partial charge is 0.481 e. The molecule has 1 saturated heterocycles. The molecule has 3 aromatic rings. The molecule has 2 aromatic carbocycles. The summed E-state index contributed by atoms with van der Waals surface area (Å²) < 4.78 is 26.0. The van der Waals surface area contributed by atoms with Gasteiger partial charge in [0.2, 0.25) is 5.88 Å². The zero-order chi connectivity index (χ0) is 27.6. The molecule has 5 rings (SSSR count). The van der Waals surface area contributed by atoms with Crippen molar-refractivity contribution in [2.24, 2.45) is 5.92 Å². The summed E-state index contributed by atoms with van der Waals surface area (Å²) >= 11 is 0. The second kappa shape index (κ2) is 11.0. The van der Waals surface area contributed by atoms with E-state index in [1.807, 2.05) is 53.4 Å². The first-order valence-corrected chi connectivity index (χ1v) is 12.8. The molecule has 0 amide bonds. The smallest absolute Gasteiger partial charge is 0.223 e. The first-order valence-electron chi connectivity index (χ1n) is 12.8. The minimum Gasteiger partial charge on any atom is -0.481 e. The number of aromatic nitrogens is 1. The minimum atomic E-state index is -1.16. The highest BCUT2D eigenvalue weighted by Crippen LogP contribution is 2.56. The lowest BCUT2D eigenvalue weighted by molar-refractivity contribution is 0.0190. The molecule has 200 valence electrons. The maximum absolute atomic E-state index is 13.7. The number of methoxy groups -OCH3 is 1. The van der Waals surface area contributed by atoms with Crippen molar-refractivity contribution in [3.8, 4) is 23.8 Å². The molecule has 1 saturated carbocycles. The summed E-state index contributed by atoms with van der Waals surface area (Å²) in [5, 5.41) is 40.8. The Kier molecular flexibility index (Phi) is 7.49. The van der Waals surface area contributed by atoms with Crippen LogP contribution in [0.4, 0.5) is 4.39 Å². The lowest BCUT2D eigenvalue weighted by Crippen LogP contribution is -2.51. The van der Waals surface area contributed by atoms with Gasteiger partial charge in [0.05, 0.1) is 37.0 Å². The van der Waals surface area contributed by atoms with Gasteiger partial charge >= 0.3 is 0 Å². The third-order valence-corrected chi connectivity index (χ3v) is 7.78. The van der Waals surface area contributed by atoms with Gasteiger partial charge in [0.15, 0.2) is 0 Å². The van der Waals surface area contributed by atoms with E-state index in [2.05, 4.69) is 11.1 Å². The highest BCUT2D eigenvalue weighted by molar-refractivity contribution is 5.47. The van der Waals surface area contributed by atoms with Crippen LogP contribution in [-0.4, -0.2) is 59.1 Å². The Bertz CT molecular complexity index is 1400. The molecule has 9 heteroatoms. The number of hydrogen-bond acceptors (Lipinski definition) is 8. The number of likely N-dealkylation sites (tertiary alicyclic amines) is 1. The summed E-state index contributed by atoms with van der Waals surface area (Å²) in [5.74, 6) is -0.418. The maximum atomic E-state index is 13.7. The van der Waals surface area contributed by atoms with Crippen LogP contribution in [-0.2, 0) is 12.2 Å². The Balaban J connectivity index is 1.71. The fourth-order valence-corrected chi connectivity index (χ4v) is 5.99. The number of alkyl halides is 1. The number of nitriles is 2. The van der Waals surface area contributed by atoms with Crippen molar-refractivity contribution in [1.29, 1.82) is 10.5 Å². The van der Waals surface area contributed by atoms with Crippen molar-refractivity contribution < 1.29 is 24.1 Å². The Morgan fingerprint density at radius 1 is 1.10 bits per heavy atom. The SMILES string of the molecule is COc1nc(C#N)cc(O[C@]2(c3ccc(C#N)cc3)C[C@H](O)[C@H](CN3CC(F)C3)[C@H]2c2ccccc2)c1CO. The fraction of sp³-hybridized carbons (Fsp3) is 0.367. The molecule has 1 aliphatic heterocycles. The topological polar surface area (TPSA) is 123 Å². The van der Waals surface area contributed by atoms with Crippen LogP contribution in [0.15, 0.2) is 60.7 Å². The van der Waals surface area contributed by atoms with Crippen molar-refractivity contribution in [1.82, 2.24) is 9.88 Å². The van der Waals surface area contributed by atoms with E-state index in [0.717, 1.165) is 11.1 Å². The highest BCUT2D eigenvalue weighted by Gasteiger charge is 2.57. The van der Waals surface area contributed by atoms with Gasteiger partial charge in [-0.1, -0.05) is 42.5 Å². The van der Waals surface area contributed by atoms with Gasteiger partial charge < -0.3 is 19.7 Å². The van der Waals surface area contributed by atoms with Gasteiger partial charge in [-0.2, -0.15) is 10.5 Å². The minimum absolute atomic E-state index is 0.0509. The standard InChI is InChI=1S/C30H29FN4O4/c1-38-29-25(18-36)27(11-23(14-33)34-29)39-30(21-9-7-19(13-32)8-10-21)12-26(37)24(17-35-15-22(31)16-35)28(30)20-5-3-2-4-6-20/h2-11,22,24,26,28,36-37H,12,15-18H2,1H3/t24-,26-,28+,30-/m0/s1. The highest BCUT2D eigenvalue weighted by atomic mass is 19.1. The van der Waals surface area contributed by atoms with Gasteiger partial charge in [0, 0.05) is 44.0 Å². The predicted molar refractivity (Wildman–Crippen MR) is 140 cm³/mol. The van der Waals surface area contributed by atoms with Crippen LogP contribution in [0, 0.1) is 28.6 Å². The van der Waals surface area contributed by atoms with Gasteiger partial charge in [0.1, 0.15) is 29.3 Å². The van der Waals surface area contributed by atoms with Crippen LogP contribution >= 0.6 is 0 Å². The predicted octanol–water partition coefficient (Wildman–Crippen LogP) is 3.42. The van der Waals surface area contributed by atoms with Crippen LogP contribution in [0.25, 0.3) is 0 Å². The number of aliphatic hydroxyl groups is 2. The Hall–Kier alpha value is -4.02. The summed E-state index contributed by atoms with van der Waals surface area (Å²) in [4.78, 5) is 6.15. The lowest BCUT2D eigenvalue weighted by atomic mass is 9.75. The molecule has 0 unspecified atom stereocenters. The number of rotatable bonds is 8. The fourth-order valence-electron chi connectivity index (χ4n) is 5.99. The van der Waals surface area contributed by atoms with Crippen molar-refractivity contribution in [2.75, 3.05) is 26.7 Å². The zero-order valence-electron chi connectivity index (χ0n) is 21.5. The van der Waals surface area contributed by atoms with Crippen LogP contribution in [0.1, 0.15) is 40.3 Å². The molecule has 0 bridgehead atoms.